The lowest BCUT2D eigenvalue weighted by atomic mass is 9.72. The molecule has 0 bridgehead atoms. The number of likely N-dealkylation sites (tertiary alicyclic amines) is 1. The van der Waals surface area contributed by atoms with Gasteiger partial charge in [-0.1, -0.05) is 31.6 Å². The van der Waals surface area contributed by atoms with E-state index in [4.69, 9.17) is 9.73 Å². The number of ether oxygens (including phenoxy) is 1. The lowest BCUT2D eigenvalue weighted by Crippen LogP contribution is -2.41. The Morgan fingerprint density at radius 2 is 2.05 bits per heavy atom. The number of aliphatic imine (C=N–C) groups is 1. The quantitative estimate of drug-likeness (QED) is 0.333. The number of imidazole rings is 1. The van der Waals surface area contributed by atoms with Gasteiger partial charge in [0.2, 0.25) is 0 Å². The van der Waals surface area contributed by atoms with Crippen LogP contribution < -0.4 is 4.74 Å². The fourth-order valence-electron chi connectivity index (χ4n) is 7.40. The van der Waals surface area contributed by atoms with Crippen molar-refractivity contribution in [3.63, 3.8) is 0 Å². The molecule has 2 aromatic heterocycles. The lowest BCUT2D eigenvalue weighted by molar-refractivity contribution is 0.189. The highest BCUT2D eigenvalue weighted by Gasteiger charge is 2.36. The van der Waals surface area contributed by atoms with E-state index in [-0.39, 0.29) is 12.9 Å². The Morgan fingerprint density at radius 3 is 2.88 bits per heavy atom. The van der Waals surface area contributed by atoms with E-state index >= 15 is 0 Å². The number of nitrogens with zero attached hydrogens (tertiary/aromatic N) is 5. The van der Waals surface area contributed by atoms with E-state index in [1.165, 1.54) is 28.1 Å². The van der Waals surface area contributed by atoms with Gasteiger partial charge in [0.1, 0.15) is 24.4 Å². The second-order valence-corrected chi connectivity index (χ2v) is 13.7. The summed E-state index contributed by atoms with van der Waals surface area (Å²) in [5, 5.41) is 0. The Balaban J connectivity index is 0.00000343. The maximum atomic E-state index is 13.9. The van der Waals surface area contributed by atoms with Crippen LogP contribution in [0.5, 0.6) is 5.75 Å². The minimum absolute atomic E-state index is 0. The SMILES string of the molecule is C/C1=C\CC(CN2CC[C@@H](F)C2)=NC2=C(CC(C)(C)CC2)C1N1CCOc2ccc(-c3cnc4nc(C)[nH]c4c3)cc2C1.[HH]. The first-order valence-electron chi connectivity index (χ1n) is 15.8. The van der Waals surface area contributed by atoms with Gasteiger partial charge in [0.25, 0.3) is 0 Å². The summed E-state index contributed by atoms with van der Waals surface area (Å²) < 4.78 is 20.3. The topological polar surface area (TPSA) is 69.6 Å². The van der Waals surface area contributed by atoms with Crippen LogP contribution >= 0.6 is 0 Å². The summed E-state index contributed by atoms with van der Waals surface area (Å²) in [5.74, 6) is 1.83. The number of alkyl halides is 1. The fraction of sp³-hybridized carbons (Fsp3) is 0.514. The van der Waals surface area contributed by atoms with E-state index in [2.05, 4.69) is 75.9 Å². The van der Waals surface area contributed by atoms with Crippen molar-refractivity contribution >= 4 is 16.9 Å². The van der Waals surface area contributed by atoms with Gasteiger partial charge in [-0.2, -0.15) is 0 Å². The van der Waals surface area contributed by atoms with Crippen LogP contribution in [0.3, 0.4) is 0 Å². The van der Waals surface area contributed by atoms with Gasteiger partial charge in [0, 0.05) is 69.3 Å². The summed E-state index contributed by atoms with van der Waals surface area (Å²) >= 11 is 0. The molecule has 4 aliphatic rings. The molecule has 7 rings (SSSR count). The summed E-state index contributed by atoms with van der Waals surface area (Å²) in [6.07, 6.45) is 8.22. The maximum Gasteiger partial charge on any atom is 0.177 e. The second-order valence-electron chi connectivity index (χ2n) is 13.7. The van der Waals surface area contributed by atoms with Crippen LogP contribution in [0.4, 0.5) is 4.39 Å². The van der Waals surface area contributed by atoms with Crippen LogP contribution in [-0.2, 0) is 6.54 Å². The second kappa shape index (κ2) is 11.3. The zero-order chi connectivity index (χ0) is 29.7. The average molecular weight is 585 g/mol. The summed E-state index contributed by atoms with van der Waals surface area (Å²) in [6.45, 7) is 13.5. The van der Waals surface area contributed by atoms with Crippen LogP contribution in [0.2, 0.25) is 0 Å². The number of aromatic amines is 1. The normalized spacial score (nSPS) is 26.1. The molecule has 43 heavy (non-hydrogen) atoms. The Hall–Kier alpha value is -3.36. The molecule has 1 N–H and O–H groups in total. The highest BCUT2D eigenvalue weighted by molar-refractivity contribution is 5.89. The van der Waals surface area contributed by atoms with E-state index in [1.54, 1.807) is 0 Å². The number of fused-ring (bicyclic) bond motifs is 2. The van der Waals surface area contributed by atoms with Crippen molar-refractivity contribution in [2.24, 2.45) is 10.4 Å². The van der Waals surface area contributed by atoms with Gasteiger partial charge in [-0.15, -0.1) is 0 Å². The van der Waals surface area contributed by atoms with Gasteiger partial charge in [0.05, 0.1) is 11.6 Å². The molecule has 3 aromatic rings. The molecule has 3 aliphatic heterocycles. The zero-order valence-corrected chi connectivity index (χ0v) is 25.9. The minimum atomic E-state index is -0.705. The first-order valence-corrected chi connectivity index (χ1v) is 15.8. The predicted molar refractivity (Wildman–Crippen MR) is 172 cm³/mol. The molecule has 0 spiro atoms. The van der Waals surface area contributed by atoms with Crippen LogP contribution in [0.15, 0.2) is 58.4 Å². The summed E-state index contributed by atoms with van der Waals surface area (Å²) in [7, 11) is 0. The third-order valence-electron chi connectivity index (χ3n) is 9.64. The van der Waals surface area contributed by atoms with Crippen molar-refractivity contribution in [2.45, 2.75) is 78.6 Å². The number of aryl methyl sites for hydroxylation is 1. The number of rotatable bonds is 4. The van der Waals surface area contributed by atoms with Gasteiger partial charge in [-0.05, 0) is 74.3 Å². The van der Waals surface area contributed by atoms with Gasteiger partial charge in [-0.25, -0.2) is 14.4 Å². The van der Waals surface area contributed by atoms with E-state index in [1.807, 2.05) is 13.1 Å². The Morgan fingerprint density at radius 1 is 1.16 bits per heavy atom. The molecular formula is C35H45FN6O. The number of pyridine rings is 1. The average Bonchev–Trinajstić information content (AvgIpc) is 3.48. The van der Waals surface area contributed by atoms with Crippen molar-refractivity contribution in [3.8, 4) is 16.9 Å². The number of allylic oxidation sites excluding steroid dienone is 2. The van der Waals surface area contributed by atoms with Crippen molar-refractivity contribution in [1.82, 2.24) is 24.8 Å². The summed E-state index contributed by atoms with van der Waals surface area (Å²) in [5.41, 5.74) is 10.6. The molecule has 0 saturated carbocycles. The molecule has 1 saturated heterocycles. The van der Waals surface area contributed by atoms with Gasteiger partial charge < -0.3 is 9.72 Å². The molecule has 1 aliphatic carbocycles. The molecule has 228 valence electrons. The molecule has 2 atom stereocenters. The highest BCUT2D eigenvalue weighted by Crippen LogP contribution is 2.44. The van der Waals surface area contributed by atoms with Crippen LogP contribution in [0.25, 0.3) is 22.3 Å². The summed E-state index contributed by atoms with van der Waals surface area (Å²) in [4.78, 5) is 22.6. The van der Waals surface area contributed by atoms with Gasteiger partial charge >= 0.3 is 0 Å². The summed E-state index contributed by atoms with van der Waals surface area (Å²) in [6, 6.07) is 8.84. The first-order chi connectivity index (χ1) is 20.7. The van der Waals surface area contributed by atoms with Crippen LogP contribution in [-0.4, -0.2) is 75.5 Å². The van der Waals surface area contributed by atoms with Gasteiger partial charge in [-0.3, -0.25) is 14.8 Å². The van der Waals surface area contributed by atoms with Crippen molar-refractivity contribution in [1.29, 1.82) is 0 Å². The molecule has 1 aromatic carbocycles. The third kappa shape index (κ3) is 5.92. The maximum absolute atomic E-state index is 13.9. The fourth-order valence-corrected chi connectivity index (χ4v) is 7.40. The Kier molecular flexibility index (Phi) is 7.46. The van der Waals surface area contributed by atoms with Crippen molar-refractivity contribution < 1.29 is 10.6 Å². The standard InChI is InChI=1S/C35H43FN6O.H2/c1-22-5-7-28(21-41-12-10-27(36)20-41)40-30-9-11-35(3,4)17-29(30)33(22)42-13-14-43-32-8-6-24(15-26(32)19-42)25-16-31-34(37-18-25)39-23(2)38-31;/h5-6,8,15-16,18,27,33H,7,9-14,17,19-21H2,1-4H3,(H,37,38,39);1H/b22-5+,40-28?;/t27-,33?;/m1./s1. The number of hydrogen-bond donors (Lipinski definition) is 1. The zero-order valence-electron chi connectivity index (χ0n) is 25.9. The van der Waals surface area contributed by atoms with Crippen LogP contribution in [0, 0.1) is 12.3 Å². The van der Waals surface area contributed by atoms with E-state index < -0.39 is 6.17 Å². The lowest BCUT2D eigenvalue weighted by Gasteiger charge is -2.41. The highest BCUT2D eigenvalue weighted by atomic mass is 19.1. The number of H-pyrrole nitrogens is 1. The molecule has 8 heteroatoms. The third-order valence-corrected chi connectivity index (χ3v) is 9.64. The molecule has 7 nitrogen and oxygen atoms in total. The van der Waals surface area contributed by atoms with E-state index in [0.717, 1.165) is 85.7 Å². The molecule has 1 unspecified atom stereocenters. The molecular weight excluding hydrogens is 539 g/mol. The Bertz CT molecular complexity index is 1640. The minimum Gasteiger partial charge on any atom is -0.492 e. The number of hydrogen-bond acceptors (Lipinski definition) is 6. The Labute approximate surface area is 255 Å². The number of benzene rings is 1. The van der Waals surface area contributed by atoms with Crippen molar-refractivity contribution in [2.75, 3.05) is 32.8 Å². The van der Waals surface area contributed by atoms with Crippen LogP contribution in [0.1, 0.15) is 65.7 Å². The predicted octanol–water partition coefficient (Wildman–Crippen LogP) is 7.04. The number of halogens is 1. The van der Waals surface area contributed by atoms with E-state index in [9.17, 15) is 4.39 Å². The molecule has 0 radical (unpaired) electrons. The molecule has 1 fully saturated rings. The van der Waals surface area contributed by atoms with Crippen molar-refractivity contribution in [3.05, 3.63) is 64.8 Å². The number of nitrogens with one attached hydrogen (secondary N) is 1. The first kappa shape index (κ1) is 28.4. The largest absolute Gasteiger partial charge is 0.492 e. The number of aromatic nitrogens is 3. The van der Waals surface area contributed by atoms with Gasteiger partial charge in [0.15, 0.2) is 5.65 Å². The molecule has 0 amide bonds. The van der Waals surface area contributed by atoms with E-state index in [0.29, 0.717) is 19.6 Å². The molecule has 5 heterocycles. The monoisotopic (exact) mass is 584 g/mol. The smallest absolute Gasteiger partial charge is 0.177 e.